The summed E-state index contributed by atoms with van der Waals surface area (Å²) in [5.74, 6) is 0.252. The van der Waals surface area contributed by atoms with Crippen LogP contribution in [0.15, 0.2) is 6.20 Å². The topological polar surface area (TPSA) is 87.2 Å². The molecule has 136 valence electrons. The molecule has 1 aliphatic carbocycles. The molecule has 0 spiro atoms. The Labute approximate surface area is 145 Å². The van der Waals surface area contributed by atoms with Gasteiger partial charge in [0.25, 0.3) is 5.91 Å². The van der Waals surface area contributed by atoms with Gasteiger partial charge in [0.1, 0.15) is 18.1 Å². The van der Waals surface area contributed by atoms with Crippen molar-refractivity contribution in [2.24, 2.45) is 0 Å². The third kappa shape index (κ3) is 4.68. The highest BCUT2D eigenvalue weighted by atomic mass is 28.4. The van der Waals surface area contributed by atoms with Crippen LogP contribution in [0.3, 0.4) is 0 Å². The fraction of sp³-hybridized carbons (Fsp3) is 0.765. The van der Waals surface area contributed by atoms with Crippen LogP contribution in [-0.4, -0.2) is 41.4 Å². The maximum atomic E-state index is 12.2. The quantitative estimate of drug-likeness (QED) is 0.710. The molecule has 1 fully saturated rings. The average molecular weight is 354 g/mol. The third-order valence-electron chi connectivity index (χ3n) is 5.30. The molecule has 0 aromatic carbocycles. The molecule has 1 amide bonds. The lowest BCUT2D eigenvalue weighted by Gasteiger charge is -2.41. The third-order valence-corrected chi connectivity index (χ3v) is 9.83. The predicted octanol–water partition coefficient (Wildman–Crippen LogP) is 2.96. The number of hydrogen-bond donors (Lipinski definition) is 3. The second kappa shape index (κ2) is 7.37. The van der Waals surface area contributed by atoms with Crippen LogP contribution >= 0.6 is 0 Å². The predicted molar refractivity (Wildman–Crippen MR) is 96.3 cm³/mol. The van der Waals surface area contributed by atoms with Crippen LogP contribution in [0.5, 0.6) is 0 Å². The van der Waals surface area contributed by atoms with Crippen molar-refractivity contribution in [1.82, 2.24) is 15.3 Å². The van der Waals surface area contributed by atoms with Gasteiger partial charge >= 0.3 is 0 Å². The number of carbonyl (C=O) groups excluding carboxylic acids is 1. The number of amides is 1. The van der Waals surface area contributed by atoms with Crippen LogP contribution in [0.4, 0.5) is 0 Å². The van der Waals surface area contributed by atoms with Gasteiger partial charge in [-0.2, -0.15) is 0 Å². The number of H-pyrrole nitrogens is 1. The fourth-order valence-electron chi connectivity index (χ4n) is 2.74. The van der Waals surface area contributed by atoms with Crippen LogP contribution in [0.25, 0.3) is 0 Å². The standard InChI is InChI=1S/C17H31N3O3Si/c1-17(2,3)24(4,5)23-13-8-6-12(7-9-13)19-16(22)14-10-18-15(11-21)20-14/h10,12-13,21H,6-9,11H2,1-5H3,(H,18,20)(H,19,22). The normalized spacial score (nSPS) is 22.4. The van der Waals surface area contributed by atoms with Gasteiger partial charge in [0.15, 0.2) is 8.32 Å². The van der Waals surface area contributed by atoms with Crippen molar-refractivity contribution in [3.05, 3.63) is 17.7 Å². The van der Waals surface area contributed by atoms with Crippen LogP contribution in [-0.2, 0) is 11.0 Å². The first-order valence-electron chi connectivity index (χ1n) is 8.76. The minimum Gasteiger partial charge on any atom is -0.414 e. The molecular weight excluding hydrogens is 322 g/mol. The molecule has 0 radical (unpaired) electrons. The van der Waals surface area contributed by atoms with Crippen LogP contribution in [0, 0.1) is 0 Å². The van der Waals surface area contributed by atoms with Crippen molar-refractivity contribution in [1.29, 1.82) is 0 Å². The Morgan fingerprint density at radius 2 is 2.00 bits per heavy atom. The zero-order valence-corrected chi connectivity index (χ0v) is 16.5. The Hall–Kier alpha value is -1.18. The molecule has 1 aliphatic rings. The molecule has 0 bridgehead atoms. The summed E-state index contributed by atoms with van der Waals surface area (Å²) in [7, 11) is -1.72. The van der Waals surface area contributed by atoms with Gasteiger partial charge in [0.2, 0.25) is 0 Å². The Morgan fingerprint density at radius 3 is 2.50 bits per heavy atom. The average Bonchev–Trinajstić information content (AvgIpc) is 2.97. The minimum absolute atomic E-state index is 0.157. The fourth-order valence-corrected chi connectivity index (χ4v) is 4.16. The van der Waals surface area contributed by atoms with Gasteiger partial charge in [0.05, 0.1) is 6.20 Å². The zero-order chi connectivity index (χ0) is 18.0. The first-order valence-corrected chi connectivity index (χ1v) is 11.7. The summed E-state index contributed by atoms with van der Waals surface area (Å²) in [4.78, 5) is 19.0. The smallest absolute Gasteiger partial charge is 0.269 e. The van der Waals surface area contributed by atoms with E-state index in [0.29, 0.717) is 17.6 Å². The Kier molecular flexibility index (Phi) is 5.88. The van der Waals surface area contributed by atoms with E-state index in [1.807, 2.05) is 0 Å². The maximum Gasteiger partial charge on any atom is 0.269 e. The van der Waals surface area contributed by atoms with E-state index in [-0.39, 0.29) is 23.6 Å². The van der Waals surface area contributed by atoms with Gasteiger partial charge in [-0.05, 0) is 43.8 Å². The molecule has 0 saturated heterocycles. The summed E-state index contributed by atoms with van der Waals surface area (Å²) in [6, 6.07) is 0.178. The van der Waals surface area contributed by atoms with Crippen molar-refractivity contribution in [3.8, 4) is 0 Å². The summed E-state index contributed by atoms with van der Waals surface area (Å²) in [5.41, 5.74) is 0.402. The number of aromatic amines is 1. The van der Waals surface area contributed by atoms with Gasteiger partial charge in [-0.1, -0.05) is 20.8 Å². The van der Waals surface area contributed by atoms with E-state index in [1.54, 1.807) is 0 Å². The van der Waals surface area contributed by atoms with Crippen molar-refractivity contribution in [2.45, 2.75) is 83.3 Å². The molecule has 1 heterocycles. The van der Waals surface area contributed by atoms with Crippen molar-refractivity contribution in [3.63, 3.8) is 0 Å². The van der Waals surface area contributed by atoms with E-state index >= 15 is 0 Å². The zero-order valence-electron chi connectivity index (χ0n) is 15.5. The highest BCUT2D eigenvalue weighted by Crippen LogP contribution is 2.39. The number of aliphatic hydroxyl groups is 1. The summed E-state index contributed by atoms with van der Waals surface area (Å²) >= 11 is 0. The molecule has 1 aromatic heterocycles. The van der Waals surface area contributed by atoms with E-state index in [2.05, 4.69) is 49.1 Å². The van der Waals surface area contributed by atoms with Crippen molar-refractivity contribution >= 4 is 14.2 Å². The molecule has 7 heteroatoms. The molecular formula is C17H31N3O3Si. The number of nitrogens with one attached hydrogen (secondary N) is 2. The Morgan fingerprint density at radius 1 is 1.38 bits per heavy atom. The van der Waals surface area contributed by atoms with Crippen molar-refractivity contribution in [2.75, 3.05) is 0 Å². The van der Waals surface area contributed by atoms with Crippen LogP contribution in [0.2, 0.25) is 18.1 Å². The lowest BCUT2D eigenvalue weighted by molar-refractivity contribution is 0.0876. The molecule has 24 heavy (non-hydrogen) atoms. The van der Waals surface area contributed by atoms with Gasteiger partial charge in [-0.15, -0.1) is 0 Å². The van der Waals surface area contributed by atoms with Gasteiger partial charge in [-0.25, -0.2) is 4.98 Å². The molecule has 0 unspecified atom stereocenters. The molecule has 0 atom stereocenters. The van der Waals surface area contributed by atoms with Gasteiger partial charge in [-0.3, -0.25) is 4.79 Å². The minimum atomic E-state index is -1.72. The maximum absolute atomic E-state index is 12.2. The van der Waals surface area contributed by atoms with E-state index < -0.39 is 8.32 Å². The van der Waals surface area contributed by atoms with Gasteiger partial charge in [0, 0.05) is 12.1 Å². The highest BCUT2D eigenvalue weighted by molar-refractivity contribution is 6.74. The van der Waals surface area contributed by atoms with Crippen LogP contribution in [0.1, 0.15) is 62.8 Å². The highest BCUT2D eigenvalue weighted by Gasteiger charge is 2.39. The number of imidazole rings is 1. The number of aliphatic hydroxyl groups excluding tert-OH is 1. The summed E-state index contributed by atoms with van der Waals surface area (Å²) < 4.78 is 6.48. The first kappa shape index (κ1) is 19.1. The SMILES string of the molecule is CC(C)(C)[Si](C)(C)OC1CCC(NC(=O)c2cnc(CO)[nH]2)CC1. The molecule has 2 rings (SSSR count). The number of rotatable bonds is 5. The molecule has 3 N–H and O–H groups in total. The monoisotopic (exact) mass is 353 g/mol. The number of aromatic nitrogens is 2. The number of nitrogens with zero attached hydrogens (tertiary/aromatic N) is 1. The summed E-state index contributed by atoms with van der Waals surface area (Å²) in [6.45, 7) is 11.2. The van der Waals surface area contributed by atoms with E-state index in [4.69, 9.17) is 9.53 Å². The lowest BCUT2D eigenvalue weighted by Crippen LogP contribution is -2.46. The molecule has 0 aliphatic heterocycles. The van der Waals surface area contributed by atoms with Crippen LogP contribution < -0.4 is 5.32 Å². The number of hydrogen-bond acceptors (Lipinski definition) is 4. The first-order chi connectivity index (χ1) is 11.1. The van der Waals surface area contributed by atoms with Gasteiger partial charge < -0.3 is 19.8 Å². The van der Waals surface area contributed by atoms with E-state index in [9.17, 15) is 4.79 Å². The Balaban J connectivity index is 1.81. The van der Waals surface area contributed by atoms with Crippen molar-refractivity contribution < 1.29 is 14.3 Å². The second-order valence-electron chi connectivity index (χ2n) is 8.23. The largest absolute Gasteiger partial charge is 0.414 e. The Bertz CT molecular complexity index is 558. The molecule has 1 aromatic rings. The lowest BCUT2D eigenvalue weighted by atomic mass is 9.93. The molecule has 1 saturated carbocycles. The van der Waals surface area contributed by atoms with E-state index in [0.717, 1.165) is 25.7 Å². The summed E-state index contributed by atoms with van der Waals surface area (Å²) in [5, 5.41) is 12.3. The van der Waals surface area contributed by atoms with E-state index in [1.165, 1.54) is 6.20 Å². The summed E-state index contributed by atoms with van der Waals surface area (Å²) in [6.07, 6.45) is 5.63. The molecule has 6 nitrogen and oxygen atoms in total. The second-order valence-corrected chi connectivity index (χ2v) is 13.0. The number of carbonyl (C=O) groups is 1.